The molecule has 2 N–H and O–H groups in total. The van der Waals surface area contributed by atoms with Crippen LogP contribution in [-0.2, 0) is 14.0 Å². The highest BCUT2D eigenvalue weighted by Crippen LogP contribution is 2.51. The first-order chi connectivity index (χ1) is 5.93. The minimum Gasteiger partial charge on any atom is -0.329 e. The maximum absolute atomic E-state index is 10.9. The molecule has 0 aliphatic heterocycles. The number of rotatable bonds is 5. The van der Waals surface area contributed by atoms with Gasteiger partial charge < -0.3 is 19.3 Å². The third-order valence-electron chi connectivity index (χ3n) is 1.20. The molecule has 0 aromatic heterocycles. The summed E-state index contributed by atoms with van der Waals surface area (Å²) in [6, 6.07) is 1.35. The Labute approximate surface area is 76.2 Å². The van der Waals surface area contributed by atoms with Crippen molar-refractivity contribution in [1.29, 1.82) is 5.26 Å². The summed E-state index contributed by atoms with van der Waals surface area (Å²) in [7, 11) is -4.75. The van der Waals surface area contributed by atoms with Crippen LogP contribution in [0.3, 0.4) is 0 Å². The molecule has 0 unspecified atom stereocenters. The van der Waals surface area contributed by atoms with Gasteiger partial charge in [0.05, 0.1) is 0 Å². The third-order valence-corrected chi connectivity index (χ3v) is 2.33. The van der Waals surface area contributed by atoms with Crippen LogP contribution in [-0.4, -0.2) is 28.5 Å². The summed E-state index contributed by atoms with van der Waals surface area (Å²) in [5, 5.41) is 8.58. The summed E-state index contributed by atoms with van der Waals surface area (Å²) >= 11 is 0. The Hall–Kier alpha value is -0.440. The molecule has 0 aromatic rings. The van der Waals surface area contributed by atoms with Gasteiger partial charge in [-0.2, -0.15) is 5.26 Å². The van der Waals surface area contributed by atoms with Crippen LogP contribution in [0.2, 0.25) is 0 Å². The molecule has 0 aromatic carbocycles. The van der Waals surface area contributed by atoms with E-state index in [0.29, 0.717) is 0 Å². The van der Waals surface area contributed by atoms with E-state index in [1.807, 2.05) is 0 Å². The lowest BCUT2D eigenvalue weighted by Crippen LogP contribution is -2.34. The molecule has 0 saturated heterocycles. The van der Waals surface area contributed by atoms with E-state index in [0.717, 1.165) is 0 Å². The van der Waals surface area contributed by atoms with Crippen molar-refractivity contribution in [1.82, 2.24) is 0 Å². The Kier molecular flexibility index (Phi) is 4.54. The highest BCUT2D eigenvalue weighted by atomic mass is 31.2. The van der Waals surface area contributed by atoms with Gasteiger partial charge in [-0.3, -0.25) is 4.57 Å². The molecule has 0 saturated carbocycles. The van der Waals surface area contributed by atoms with Crippen LogP contribution in [0.5, 0.6) is 0 Å². The molecule has 0 amide bonds. The summed E-state index contributed by atoms with van der Waals surface area (Å²) in [5.74, 6) is 0. The quantitative estimate of drug-likeness (QED) is 0.502. The van der Waals surface area contributed by atoms with Crippen LogP contribution in [0.4, 0.5) is 0 Å². The molecule has 7 heteroatoms. The van der Waals surface area contributed by atoms with Gasteiger partial charge in [0.25, 0.3) is 0 Å². The molecule has 76 valence electrons. The minimum atomic E-state index is -4.75. The largest absolute Gasteiger partial charge is 0.400 e. The van der Waals surface area contributed by atoms with Crippen molar-refractivity contribution < 1.29 is 23.8 Å². The second-order valence-electron chi connectivity index (χ2n) is 2.10. The van der Waals surface area contributed by atoms with Crippen molar-refractivity contribution in [2.24, 2.45) is 0 Å². The van der Waals surface area contributed by atoms with E-state index in [1.165, 1.54) is 19.9 Å². The van der Waals surface area contributed by atoms with Crippen LogP contribution in [0.25, 0.3) is 0 Å². The van der Waals surface area contributed by atoms with Crippen molar-refractivity contribution in [3.05, 3.63) is 0 Å². The second kappa shape index (κ2) is 4.70. The SMILES string of the molecule is CCOC(C#N)(OCC)P(=O)(O)O. The molecule has 0 spiro atoms. The third kappa shape index (κ3) is 2.76. The zero-order chi connectivity index (χ0) is 10.5. The zero-order valence-electron chi connectivity index (χ0n) is 7.43. The second-order valence-corrected chi connectivity index (χ2v) is 3.78. The number of nitrogens with zero attached hydrogens (tertiary/aromatic N) is 1. The van der Waals surface area contributed by atoms with Gasteiger partial charge in [0.1, 0.15) is 6.07 Å². The Morgan fingerprint density at radius 2 is 1.77 bits per heavy atom. The number of nitriles is 1. The van der Waals surface area contributed by atoms with E-state index >= 15 is 0 Å². The molecule has 6 nitrogen and oxygen atoms in total. The fourth-order valence-corrected chi connectivity index (χ4v) is 1.46. The molecule has 0 atom stereocenters. The van der Waals surface area contributed by atoms with Crippen LogP contribution in [0.1, 0.15) is 13.8 Å². The maximum Gasteiger partial charge on any atom is 0.400 e. The van der Waals surface area contributed by atoms with Crippen LogP contribution < -0.4 is 0 Å². The smallest absolute Gasteiger partial charge is 0.329 e. The molecule has 0 radical (unpaired) electrons. The Morgan fingerprint density at radius 1 is 1.38 bits per heavy atom. The van der Waals surface area contributed by atoms with Gasteiger partial charge in [0.2, 0.25) is 0 Å². The molecule has 0 aliphatic rings. The average molecular weight is 209 g/mol. The van der Waals surface area contributed by atoms with E-state index in [9.17, 15) is 4.57 Å². The highest BCUT2D eigenvalue weighted by molar-refractivity contribution is 7.53. The molecule has 0 rings (SSSR count). The molecule has 0 aliphatic carbocycles. The first-order valence-corrected chi connectivity index (χ1v) is 5.29. The maximum atomic E-state index is 10.9. The molecule has 0 bridgehead atoms. The van der Waals surface area contributed by atoms with Crippen molar-refractivity contribution in [3.8, 4) is 6.07 Å². The lowest BCUT2D eigenvalue weighted by Gasteiger charge is -2.25. The van der Waals surface area contributed by atoms with E-state index in [1.54, 1.807) is 0 Å². The fourth-order valence-electron chi connectivity index (χ4n) is 0.731. The molecule has 13 heavy (non-hydrogen) atoms. The molecular weight excluding hydrogens is 197 g/mol. The number of ether oxygens (including phenoxy) is 2. The van der Waals surface area contributed by atoms with Crippen molar-refractivity contribution >= 4 is 7.60 Å². The van der Waals surface area contributed by atoms with Crippen LogP contribution >= 0.6 is 7.60 Å². The summed E-state index contributed by atoms with van der Waals surface area (Å²) in [4.78, 5) is 17.7. The van der Waals surface area contributed by atoms with Crippen molar-refractivity contribution in [2.75, 3.05) is 13.2 Å². The summed E-state index contributed by atoms with van der Waals surface area (Å²) in [6.07, 6.45) is 0. The van der Waals surface area contributed by atoms with E-state index in [-0.39, 0.29) is 13.2 Å². The Bertz CT molecular complexity index is 236. The molecule has 0 heterocycles. The van der Waals surface area contributed by atoms with Gasteiger partial charge in [-0.05, 0) is 13.8 Å². The van der Waals surface area contributed by atoms with Gasteiger partial charge in [-0.25, -0.2) is 0 Å². The molecule has 0 fully saturated rings. The van der Waals surface area contributed by atoms with Crippen molar-refractivity contribution in [3.63, 3.8) is 0 Å². The van der Waals surface area contributed by atoms with Gasteiger partial charge in [0.15, 0.2) is 0 Å². The normalized spacial score (nSPS) is 12.5. The zero-order valence-corrected chi connectivity index (χ0v) is 8.32. The monoisotopic (exact) mass is 209 g/mol. The predicted octanol–water partition coefficient (Wildman–Crippen LogP) is 0.414. The van der Waals surface area contributed by atoms with Gasteiger partial charge in [0, 0.05) is 13.2 Å². The van der Waals surface area contributed by atoms with Crippen molar-refractivity contribution in [2.45, 2.75) is 19.4 Å². The topological polar surface area (TPSA) is 99.8 Å². The first kappa shape index (κ1) is 12.6. The number of hydrogen-bond acceptors (Lipinski definition) is 4. The first-order valence-electron chi connectivity index (χ1n) is 3.68. The Balaban J connectivity index is 4.90. The Morgan fingerprint density at radius 3 is 1.92 bits per heavy atom. The predicted molar refractivity (Wildman–Crippen MR) is 43.6 cm³/mol. The van der Waals surface area contributed by atoms with Gasteiger partial charge in [-0.15, -0.1) is 0 Å². The summed E-state index contributed by atoms with van der Waals surface area (Å²) in [5.41, 5.74) is -2.45. The van der Waals surface area contributed by atoms with Gasteiger partial charge >= 0.3 is 13.1 Å². The van der Waals surface area contributed by atoms with Crippen LogP contribution in [0.15, 0.2) is 0 Å². The summed E-state index contributed by atoms with van der Waals surface area (Å²) in [6.45, 7) is 3.00. The van der Waals surface area contributed by atoms with Gasteiger partial charge in [-0.1, -0.05) is 0 Å². The minimum absolute atomic E-state index is 0.0152. The lowest BCUT2D eigenvalue weighted by molar-refractivity contribution is -0.146. The highest BCUT2D eigenvalue weighted by Gasteiger charge is 2.50. The molecular formula is C6H12NO5P. The van der Waals surface area contributed by atoms with Crippen LogP contribution in [0, 0.1) is 11.3 Å². The fraction of sp³-hybridized carbons (Fsp3) is 0.833. The lowest BCUT2D eigenvalue weighted by atomic mass is 10.6. The summed E-state index contributed by atoms with van der Waals surface area (Å²) < 4.78 is 20.2. The van der Waals surface area contributed by atoms with E-state index in [2.05, 4.69) is 9.47 Å². The average Bonchev–Trinajstić information content (AvgIpc) is 2.02. The number of hydrogen-bond donors (Lipinski definition) is 2. The standard InChI is InChI=1S/C6H12NO5P/c1-3-11-6(5-7,12-4-2)13(8,9)10/h3-4H2,1-2H3,(H2,8,9,10). The van der Waals surface area contributed by atoms with E-state index < -0.39 is 13.1 Å². The van der Waals surface area contributed by atoms with E-state index in [4.69, 9.17) is 15.0 Å².